The lowest BCUT2D eigenvalue weighted by molar-refractivity contribution is 0.0863. The zero-order valence-corrected chi connectivity index (χ0v) is 11.4. The molecule has 0 radical (unpaired) electrons. The number of carbonyl (C=O) groups is 1. The van der Waals surface area contributed by atoms with Crippen molar-refractivity contribution in [3.63, 3.8) is 0 Å². The second-order valence-corrected chi connectivity index (χ2v) is 6.39. The van der Waals surface area contributed by atoms with Crippen molar-refractivity contribution in [2.45, 2.75) is 20.8 Å². The third-order valence-corrected chi connectivity index (χ3v) is 4.15. The fourth-order valence-corrected chi connectivity index (χ4v) is 3.17. The number of Topliss-reactive ketones (excluding diaryl/α,β-unsaturated/α-hetero) is 1. The Morgan fingerprint density at radius 2 is 2.00 bits per heavy atom. The van der Waals surface area contributed by atoms with Gasteiger partial charge in [-0.05, 0) is 18.2 Å². The molecular formula is C13H12ClFOS. The molecule has 0 saturated heterocycles. The van der Waals surface area contributed by atoms with E-state index in [1.165, 1.54) is 23.5 Å². The van der Waals surface area contributed by atoms with E-state index in [1.54, 1.807) is 6.07 Å². The lowest BCUT2D eigenvalue weighted by Gasteiger charge is -2.15. The highest BCUT2D eigenvalue weighted by atomic mass is 35.5. The molecule has 90 valence electrons. The number of carbonyl (C=O) groups excluding carboxylic acids is 1. The molecule has 0 unspecified atom stereocenters. The molecule has 1 heterocycles. The lowest BCUT2D eigenvalue weighted by Crippen LogP contribution is -2.19. The third-order valence-electron chi connectivity index (χ3n) is 2.48. The van der Waals surface area contributed by atoms with E-state index in [1.807, 2.05) is 20.8 Å². The average Bonchev–Trinajstić information content (AvgIpc) is 2.54. The van der Waals surface area contributed by atoms with Crippen LogP contribution in [0.25, 0.3) is 10.1 Å². The normalized spacial score (nSPS) is 12.1. The molecule has 0 N–H and O–H groups in total. The fraction of sp³-hybridized carbons (Fsp3) is 0.308. The number of rotatable bonds is 1. The van der Waals surface area contributed by atoms with Gasteiger partial charge in [-0.2, -0.15) is 0 Å². The van der Waals surface area contributed by atoms with Gasteiger partial charge in [0.15, 0.2) is 5.78 Å². The number of halogens is 2. The molecular weight excluding hydrogens is 259 g/mol. The first-order valence-electron chi connectivity index (χ1n) is 5.23. The fourth-order valence-electron chi connectivity index (χ4n) is 1.53. The summed E-state index contributed by atoms with van der Waals surface area (Å²) in [7, 11) is 0. The number of benzene rings is 1. The van der Waals surface area contributed by atoms with E-state index in [0.29, 0.717) is 15.3 Å². The maximum Gasteiger partial charge on any atom is 0.179 e. The maximum atomic E-state index is 13.1. The van der Waals surface area contributed by atoms with E-state index in [9.17, 15) is 9.18 Å². The Labute approximate surface area is 108 Å². The molecule has 0 spiro atoms. The first-order chi connectivity index (χ1) is 7.80. The van der Waals surface area contributed by atoms with Crippen molar-refractivity contribution in [3.05, 3.63) is 33.9 Å². The van der Waals surface area contributed by atoms with E-state index in [0.717, 1.165) is 4.70 Å². The van der Waals surface area contributed by atoms with Gasteiger partial charge in [-0.3, -0.25) is 4.79 Å². The zero-order valence-electron chi connectivity index (χ0n) is 9.80. The molecule has 0 aliphatic heterocycles. The van der Waals surface area contributed by atoms with E-state index in [-0.39, 0.29) is 11.6 Å². The lowest BCUT2D eigenvalue weighted by atomic mass is 9.90. The predicted octanol–water partition coefficient (Wildman–Crippen LogP) is 4.92. The highest BCUT2D eigenvalue weighted by Gasteiger charge is 2.27. The van der Waals surface area contributed by atoms with Crippen LogP contribution in [0.15, 0.2) is 18.2 Å². The minimum absolute atomic E-state index is 0.0101. The SMILES string of the molecule is CC(C)(C)C(=O)c1sc2ccc(F)cc2c1Cl. The smallest absolute Gasteiger partial charge is 0.179 e. The molecule has 0 aliphatic rings. The maximum absolute atomic E-state index is 13.1. The van der Waals surface area contributed by atoms with Crippen LogP contribution in [0.2, 0.25) is 5.02 Å². The van der Waals surface area contributed by atoms with Crippen LogP contribution in [0.5, 0.6) is 0 Å². The molecule has 1 aromatic heterocycles. The highest BCUT2D eigenvalue weighted by Crippen LogP contribution is 2.38. The van der Waals surface area contributed by atoms with Gasteiger partial charge in [0.2, 0.25) is 0 Å². The summed E-state index contributed by atoms with van der Waals surface area (Å²) in [5.41, 5.74) is -0.483. The largest absolute Gasteiger partial charge is 0.293 e. The van der Waals surface area contributed by atoms with Gasteiger partial charge < -0.3 is 0 Å². The number of fused-ring (bicyclic) bond motifs is 1. The van der Waals surface area contributed by atoms with E-state index in [4.69, 9.17) is 11.6 Å². The minimum Gasteiger partial charge on any atom is -0.293 e. The summed E-state index contributed by atoms with van der Waals surface area (Å²) >= 11 is 7.47. The summed E-state index contributed by atoms with van der Waals surface area (Å²) in [6.45, 7) is 5.53. The van der Waals surface area contributed by atoms with Crippen LogP contribution in [-0.2, 0) is 0 Å². The predicted molar refractivity (Wildman–Crippen MR) is 70.6 cm³/mol. The number of hydrogen-bond acceptors (Lipinski definition) is 2. The molecule has 0 aliphatic carbocycles. The molecule has 2 aromatic rings. The summed E-state index contributed by atoms with van der Waals surface area (Å²) in [5.74, 6) is -0.351. The summed E-state index contributed by atoms with van der Waals surface area (Å²) in [4.78, 5) is 12.7. The van der Waals surface area contributed by atoms with Gasteiger partial charge in [-0.15, -0.1) is 11.3 Å². The number of thiophene rings is 1. The molecule has 2 rings (SSSR count). The van der Waals surface area contributed by atoms with Crippen LogP contribution in [0.3, 0.4) is 0 Å². The topological polar surface area (TPSA) is 17.1 Å². The van der Waals surface area contributed by atoms with Crippen molar-refractivity contribution in [1.82, 2.24) is 0 Å². The molecule has 0 amide bonds. The monoisotopic (exact) mass is 270 g/mol. The molecule has 0 bridgehead atoms. The Morgan fingerprint density at radius 1 is 1.35 bits per heavy atom. The second kappa shape index (κ2) is 4.07. The molecule has 17 heavy (non-hydrogen) atoms. The highest BCUT2D eigenvalue weighted by molar-refractivity contribution is 7.21. The summed E-state index contributed by atoms with van der Waals surface area (Å²) < 4.78 is 14.0. The molecule has 1 aromatic carbocycles. The molecule has 0 saturated carbocycles. The van der Waals surface area contributed by atoms with Crippen LogP contribution in [0, 0.1) is 11.2 Å². The van der Waals surface area contributed by atoms with Crippen LogP contribution in [0.4, 0.5) is 4.39 Å². The Bertz CT molecular complexity index is 595. The van der Waals surface area contributed by atoms with Gasteiger partial charge in [0.25, 0.3) is 0 Å². The average molecular weight is 271 g/mol. The first kappa shape index (κ1) is 12.5. The summed E-state index contributed by atoms with van der Waals surface area (Å²) in [6, 6.07) is 4.40. The zero-order chi connectivity index (χ0) is 12.8. The summed E-state index contributed by atoms with van der Waals surface area (Å²) in [6.07, 6.45) is 0. The Hall–Kier alpha value is -0.930. The van der Waals surface area contributed by atoms with E-state index in [2.05, 4.69) is 0 Å². The van der Waals surface area contributed by atoms with Crippen molar-refractivity contribution in [3.8, 4) is 0 Å². The van der Waals surface area contributed by atoms with Crippen molar-refractivity contribution in [2.75, 3.05) is 0 Å². The first-order valence-corrected chi connectivity index (χ1v) is 6.42. The molecule has 0 fully saturated rings. The van der Waals surface area contributed by atoms with Crippen LogP contribution in [0.1, 0.15) is 30.4 Å². The van der Waals surface area contributed by atoms with Crippen LogP contribution in [-0.4, -0.2) is 5.78 Å². The van der Waals surface area contributed by atoms with Crippen molar-refractivity contribution in [2.24, 2.45) is 5.41 Å². The Kier molecular flexibility index (Phi) is 3.00. The summed E-state index contributed by atoms with van der Waals surface area (Å²) in [5, 5.41) is 0.980. The number of ketones is 1. The van der Waals surface area contributed by atoms with Gasteiger partial charge >= 0.3 is 0 Å². The van der Waals surface area contributed by atoms with Gasteiger partial charge in [0, 0.05) is 15.5 Å². The van der Waals surface area contributed by atoms with Crippen molar-refractivity contribution in [1.29, 1.82) is 0 Å². The van der Waals surface area contributed by atoms with Gasteiger partial charge in [-0.25, -0.2) is 4.39 Å². The Balaban J connectivity index is 2.65. The van der Waals surface area contributed by atoms with Gasteiger partial charge in [-0.1, -0.05) is 32.4 Å². The van der Waals surface area contributed by atoms with Gasteiger partial charge in [0.05, 0.1) is 9.90 Å². The standard InChI is InChI=1S/C13H12ClFOS/c1-13(2,3)12(16)11-10(14)8-6-7(15)4-5-9(8)17-11/h4-6H,1-3H3. The van der Waals surface area contributed by atoms with Gasteiger partial charge in [0.1, 0.15) is 5.82 Å². The minimum atomic E-state index is -0.483. The Morgan fingerprint density at radius 3 is 2.59 bits per heavy atom. The quantitative estimate of drug-likeness (QED) is 0.672. The third kappa shape index (κ3) is 2.22. The van der Waals surface area contributed by atoms with Crippen molar-refractivity contribution < 1.29 is 9.18 Å². The van der Waals surface area contributed by atoms with E-state index >= 15 is 0 Å². The van der Waals surface area contributed by atoms with Crippen molar-refractivity contribution >= 4 is 38.8 Å². The van der Waals surface area contributed by atoms with Crippen LogP contribution >= 0.6 is 22.9 Å². The molecule has 0 atom stereocenters. The molecule has 4 heteroatoms. The van der Waals surface area contributed by atoms with E-state index < -0.39 is 5.41 Å². The molecule has 1 nitrogen and oxygen atoms in total. The van der Waals surface area contributed by atoms with Crippen LogP contribution < -0.4 is 0 Å². The second-order valence-electron chi connectivity index (χ2n) is 4.96. The number of hydrogen-bond donors (Lipinski definition) is 0.